The Labute approximate surface area is 108 Å². The van der Waals surface area contributed by atoms with Crippen molar-refractivity contribution in [3.05, 3.63) is 0 Å². The van der Waals surface area contributed by atoms with Gasteiger partial charge in [-0.15, -0.1) is 0 Å². The first kappa shape index (κ1) is 14.8. The molecule has 1 saturated heterocycles. The number of carbonyl (C=O) groups excluding carboxylic acids is 1. The van der Waals surface area contributed by atoms with Gasteiger partial charge in [0, 0.05) is 12.3 Å². The molecule has 0 spiro atoms. The number of carbonyl (C=O) groups is 1. The van der Waals surface area contributed by atoms with E-state index >= 15 is 0 Å². The lowest BCUT2D eigenvalue weighted by molar-refractivity contribution is -0.142. The molecule has 1 rings (SSSR count). The van der Waals surface area contributed by atoms with E-state index in [0.29, 0.717) is 6.42 Å². The summed E-state index contributed by atoms with van der Waals surface area (Å²) >= 11 is 1.87. The highest BCUT2D eigenvalue weighted by Crippen LogP contribution is 2.11. The monoisotopic (exact) mass is 260 g/mol. The van der Waals surface area contributed by atoms with Crippen LogP contribution in [-0.4, -0.2) is 55.2 Å². The van der Waals surface area contributed by atoms with E-state index in [-0.39, 0.29) is 5.97 Å². The minimum Gasteiger partial charge on any atom is -0.468 e. The van der Waals surface area contributed by atoms with Crippen molar-refractivity contribution in [1.82, 2.24) is 4.90 Å². The first-order valence-corrected chi connectivity index (χ1v) is 7.53. The van der Waals surface area contributed by atoms with Crippen molar-refractivity contribution in [2.45, 2.75) is 31.7 Å². The average Bonchev–Trinajstić information content (AvgIpc) is 2.38. The molecular formula is C12H24N2O2S. The Morgan fingerprint density at radius 3 is 2.71 bits per heavy atom. The number of thioether (sulfide) groups is 1. The average molecular weight is 260 g/mol. The van der Waals surface area contributed by atoms with Crippen LogP contribution < -0.4 is 5.73 Å². The maximum atomic E-state index is 11.1. The second kappa shape index (κ2) is 8.78. The molecule has 1 heterocycles. The van der Waals surface area contributed by atoms with Crippen molar-refractivity contribution >= 4 is 17.7 Å². The number of rotatable bonds is 7. The third-order valence-corrected chi connectivity index (χ3v) is 4.07. The zero-order valence-corrected chi connectivity index (χ0v) is 11.5. The lowest BCUT2D eigenvalue weighted by atomic mass is 10.1. The highest BCUT2D eigenvalue weighted by Gasteiger charge is 2.13. The van der Waals surface area contributed by atoms with Crippen LogP contribution in [0.2, 0.25) is 0 Å². The summed E-state index contributed by atoms with van der Waals surface area (Å²) in [4.78, 5) is 13.6. The first-order valence-electron chi connectivity index (χ1n) is 6.37. The van der Waals surface area contributed by atoms with Gasteiger partial charge in [-0.05, 0) is 38.1 Å². The van der Waals surface area contributed by atoms with Gasteiger partial charge in [0.2, 0.25) is 0 Å². The molecule has 0 aromatic rings. The van der Waals surface area contributed by atoms with Crippen LogP contribution in [0.15, 0.2) is 0 Å². The van der Waals surface area contributed by atoms with Crippen molar-refractivity contribution in [2.24, 2.45) is 5.73 Å². The van der Waals surface area contributed by atoms with Gasteiger partial charge >= 0.3 is 5.97 Å². The molecule has 1 aliphatic rings. The maximum absolute atomic E-state index is 11.1. The number of piperidine rings is 1. The summed E-state index contributed by atoms with van der Waals surface area (Å²) in [5, 5.41) is 0. The second-order valence-corrected chi connectivity index (χ2v) is 5.66. The quantitative estimate of drug-likeness (QED) is 0.549. The standard InChI is InChI=1S/C12H24N2O2S/c1-16-12(15)11(13)5-9-17-10-8-14-6-3-2-4-7-14/h11H,2-10,13H2,1H3. The van der Waals surface area contributed by atoms with Gasteiger partial charge < -0.3 is 15.4 Å². The predicted molar refractivity (Wildman–Crippen MR) is 72.2 cm³/mol. The molecule has 0 amide bonds. The minimum atomic E-state index is -0.456. The molecule has 2 N–H and O–H groups in total. The summed E-state index contributed by atoms with van der Waals surface area (Å²) in [6.07, 6.45) is 4.78. The number of ether oxygens (including phenoxy) is 1. The van der Waals surface area contributed by atoms with Gasteiger partial charge in [-0.25, -0.2) is 0 Å². The third-order valence-electron chi connectivity index (χ3n) is 3.08. The Morgan fingerprint density at radius 2 is 2.06 bits per heavy atom. The second-order valence-electron chi connectivity index (χ2n) is 4.43. The maximum Gasteiger partial charge on any atom is 0.322 e. The van der Waals surface area contributed by atoms with Gasteiger partial charge in [0.05, 0.1) is 7.11 Å². The van der Waals surface area contributed by atoms with E-state index in [0.717, 1.165) is 18.1 Å². The topological polar surface area (TPSA) is 55.6 Å². The van der Waals surface area contributed by atoms with Crippen LogP contribution in [0, 0.1) is 0 Å². The van der Waals surface area contributed by atoms with Crippen LogP contribution in [-0.2, 0) is 9.53 Å². The van der Waals surface area contributed by atoms with Crippen molar-refractivity contribution in [2.75, 3.05) is 38.2 Å². The molecule has 1 fully saturated rings. The summed E-state index contributed by atoms with van der Waals surface area (Å²) in [5.41, 5.74) is 5.65. The predicted octanol–water partition coefficient (Wildman–Crippen LogP) is 1.10. The normalized spacial score (nSPS) is 18.9. The van der Waals surface area contributed by atoms with Gasteiger partial charge in [0.1, 0.15) is 6.04 Å². The molecule has 0 radical (unpaired) electrons. The SMILES string of the molecule is COC(=O)C(N)CCSCCN1CCCCC1. The molecule has 1 aliphatic heterocycles. The Kier molecular flexibility index (Phi) is 7.64. The number of likely N-dealkylation sites (tertiary alicyclic amines) is 1. The lowest BCUT2D eigenvalue weighted by Crippen LogP contribution is -2.33. The summed E-state index contributed by atoms with van der Waals surface area (Å²) in [7, 11) is 1.38. The number of nitrogens with two attached hydrogens (primary N) is 1. The van der Waals surface area contributed by atoms with Crippen molar-refractivity contribution < 1.29 is 9.53 Å². The van der Waals surface area contributed by atoms with Gasteiger partial charge in [-0.2, -0.15) is 11.8 Å². The molecule has 0 bridgehead atoms. The van der Waals surface area contributed by atoms with Gasteiger partial charge in [-0.1, -0.05) is 6.42 Å². The summed E-state index contributed by atoms with van der Waals surface area (Å²) < 4.78 is 4.58. The zero-order chi connectivity index (χ0) is 12.5. The van der Waals surface area contributed by atoms with E-state index in [1.807, 2.05) is 11.8 Å². The van der Waals surface area contributed by atoms with Crippen molar-refractivity contribution in [1.29, 1.82) is 0 Å². The molecule has 4 nitrogen and oxygen atoms in total. The fourth-order valence-electron chi connectivity index (χ4n) is 1.96. The van der Waals surface area contributed by atoms with Crippen LogP contribution >= 0.6 is 11.8 Å². The van der Waals surface area contributed by atoms with Crippen LogP contribution in [0.25, 0.3) is 0 Å². The molecule has 5 heteroatoms. The summed E-state index contributed by atoms with van der Waals surface area (Å²) in [6, 6.07) is -0.456. The Bertz CT molecular complexity index is 221. The third kappa shape index (κ3) is 6.29. The van der Waals surface area contributed by atoms with Crippen LogP contribution in [0.4, 0.5) is 0 Å². The van der Waals surface area contributed by atoms with Gasteiger partial charge in [0.25, 0.3) is 0 Å². The van der Waals surface area contributed by atoms with Crippen molar-refractivity contribution in [3.63, 3.8) is 0 Å². The minimum absolute atomic E-state index is 0.304. The number of hydrogen-bond acceptors (Lipinski definition) is 5. The van der Waals surface area contributed by atoms with Gasteiger partial charge in [-0.3, -0.25) is 4.79 Å². The van der Waals surface area contributed by atoms with E-state index in [9.17, 15) is 4.79 Å². The van der Waals surface area contributed by atoms with Gasteiger partial charge in [0.15, 0.2) is 0 Å². The van der Waals surface area contributed by atoms with E-state index in [1.165, 1.54) is 39.5 Å². The number of esters is 1. The molecule has 17 heavy (non-hydrogen) atoms. The Morgan fingerprint density at radius 1 is 1.35 bits per heavy atom. The molecule has 100 valence electrons. The van der Waals surface area contributed by atoms with Crippen molar-refractivity contribution in [3.8, 4) is 0 Å². The largest absolute Gasteiger partial charge is 0.468 e. The fourth-order valence-corrected chi connectivity index (χ4v) is 2.97. The Hall–Kier alpha value is -0.260. The molecule has 0 saturated carbocycles. The molecular weight excluding hydrogens is 236 g/mol. The van der Waals surface area contributed by atoms with Crippen LogP contribution in [0.5, 0.6) is 0 Å². The summed E-state index contributed by atoms with van der Waals surface area (Å²) in [6.45, 7) is 3.67. The molecule has 0 aromatic carbocycles. The smallest absolute Gasteiger partial charge is 0.322 e. The zero-order valence-electron chi connectivity index (χ0n) is 10.7. The lowest BCUT2D eigenvalue weighted by Gasteiger charge is -2.26. The fraction of sp³-hybridized carbons (Fsp3) is 0.917. The van der Waals surface area contributed by atoms with E-state index in [1.54, 1.807) is 0 Å². The molecule has 1 unspecified atom stereocenters. The summed E-state index contributed by atoms with van der Waals surface area (Å²) in [5.74, 6) is 1.76. The van der Waals surface area contributed by atoms with Crippen LogP contribution in [0.3, 0.4) is 0 Å². The van der Waals surface area contributed by atoms with E-state index in [4.69, 9.17) is 5.73 Å². The number of nitrogens with zero attached hydrogens (tertiary/aromatic N) is 1. The van der Waals surface area contributed by atoms with Crippen LogP contribution in [0.1, 0.15) is 25.7 Å². The highest BCUT2D eigenvalue weighted by molar-refractivity contribution is 7.99. The molecule has 0 aliphatic carbocycles. The highest BCUT2D eigenvalue weighted by atomic mass is 32.2. The van der Waals surface area contributed by atoms with E-state index < -0.39 is 6.04 Å². The van der Waals surface area contributed by atoms with E-state index in [2.05, 4.69) is 9.64 Å². The number of hydrogen-bond donors (Lipinski definition) is 1. The Balaban J connectivity index is 1.95. The molecule has 1 atom stereocenters. The number of methoxy groups -OCH3 is 1. The first-order chi connectivity index (χ1) is 8.24. The molecule has 0 aromatic heterocycles.